The minimum atomic E-state index is -0.884. The Morgan fingerprint density at radius 3 is 1.05 bits per heavy atom. The van der Waals surface area contributed by atoms with Crippen LogP contribution in [-0.4, -0.2) is 15.4 Å². The summed E-state index contributed by atoms with van der Waals surface area (Å²) in [4.78, 5) is 0. The van der Waals surface area contributed by atoms with Gasteiger partial charge in [0.15, 0.2) is 0 Å². The van der Waals surface area contributed by atoms with Gasteiger partial charge in [-0.2, -0.15) is 0 Å². The van der Waals surface area contributed by atoms with Crippen molar-refractivity contribution in [2.24, 2.45) is 0 Å². The molecule has 0 heterocycles. The van der Waals surface area contributed by atoms with Gasteiger partial charge in [-0.15, -0.1) is 0 Å². The van der Waals surface area contributed by atoms with Gasteiger partial charge >= 0.3 is 123 Å². The van der Waals surface area contributed by atoms with E-state index in [2.05, 4.69) is 65.8 Å². The number of rotatable bonds is 2. The Bertz CT molecular complexity index is 522. The zero-order chi connectivity index (χ0) is 14.2. The molecule has 0 fully saturated rings. The Morgan fingerprint density at radius 2 is 0.789 bits per heavy atom. The van der Waals surface area contributed by atoms with Crippen LogP contribution >= 0.6 is 0 Å². The molecule has 0 aliphatic carbocycles. The minimum absolute atomic E-state index is 0.884. The van der Waals surface area contributed by atoms with Crippen LogP contribution in [0.1, 0.15) is 33.4 Å². The van der Waals surface area contributed by atoms with Crippen LogP contribution < -0.4 is 8.79 Å². The van der Waals surface area contributed by atoms with Crippen molar-refractivity contribution in [3.05, 3.63) is 57.6 Å². The molecule has 0 radical (unpaired) electrons. The van der Waals surface area contributed by atoms with Crippen molar-refractivity contribution in [2.75, 3.05) is 0 Å². The van der Waals surface area contributed by atoms with Crippen LogP contribution in [-0.2, 0) is 0 Å². The summed E-state index contributed by atoms with van der Waals surface area (Å²) in [6.07, 6.45) is 0. The van der Waals surface area contributed by atoms with E-state index < -0.39 is 15.4 Å². The molecule has 1 heteroatoms. The number of hydrogen-bond donors (Lipinski definition) is 0. The van der Waals surface area contributed by atoms with Gasteiger partial charge in [-0.05, 0) is 0 Å². The molecule has 0 spiro atoms. The van der Waals surface area contributed by atoms with Gasteiger partial charge < -0.3 is 0 Å². The molecule has 0 aliphatic rings. The zero-order valence-corrected chi connectivity index (χ0v) is 16.0. The van der Waals surface area contributed by atoms with Crippen molar-refractivity contribution in [1.82, 2.24) is 0 Å². The summed E-state index contributed by atoms with van der Waals surface area (Å²) in [5, 5.41) is 0. The summed E-state index contributed by atoms with van der Waals surface area (Å²) in [7, 11) is 0. The van der Waals surface area contributed by atoms with Crippen LogP contribution in [0.2, 0.25) is 0 Å². The summed E-state index contributed by atoms with van der Waals surface area (Å²) in [6, 6.07) is 9.36. The second-order valence-electron chi connectivity index (χ2n) is 5.93. The molecule has 0 amide bonds. The van der Waals surface area contributed by atoms with Gasteiger partial charge in [0, 0.05) is 0 Å². The van der Waals surface area contributed by atoms with E-state index in [0.29, 0.717) is 0 Å². The third-order valence-corrected chi connectivity index (χ3v) is 10.2. The van der Waals surface area contributed by atoms with Gasteiger partial charge in [0.1, 0.15) is 0 Å². The SMILES string of the molecule is Cc1cc(C)[c]([GeH2][c]2c(C)cc(C)cc2C)c(C)c1. The third-order valence-electron chi connectivity index (χ3n) is 4.03. The van der Waals surface area contributed by atoms with E-state index in [-0.39, 0.29) is 0 Å². The zero-order valence-electron chi connectivity index (χ0n) is 13.0. The average Bonchev–Trinajstić information content (AvgIpc) is 2.25. The van der Waals surface area contributed by atoms with E-state index >= 15 is 0 Å². The normalized spacial score (nSPS) is 10.8. The van der Waals surface area contributed by atoms with Gasteiger partial charge in [0.05, 0.1) is 0 Å². The van der Waals surface area contributed by atoms with Crippen LogP contribution in [0, 0.1) is 41.5 Å². The first-order valence-electron chi connectivity index (χ1n) is 7.02. The molecule has 2 aromatic rings. The Balaban J connectivity index is 2.48. The maximum absolute atomic E-state index is 2.34. The van der Waals surface area contributed by atoms with E-state index in [1.54, 1.807) is 8.79 Å². The standard InChI is InChI=1S/C18H24Ge/c1-11-7-13(3)17(14(4)8-11)19-18-15(5)9-12(2)10-16(18)6/h7-10H,19H2,1-6H3. The van der Waals surface area contributed by atoms with Crippen LogP contribution in [0.15, 0.2) is 24.3 Å². The van der Waals surface area contributed by atoms with Crippen LogP contribution in [0.5, 0.6) is 0 Å². The molecule has 2 rings (SSSR count). The van der Waals surface area contributed by atoms with Gasteiger partial charge in [0.25, 0.3) is 0 Å². The van der Waals surface area contributed by atoms with E-state index in [1.165, 1.54) is 33.4 Å². The van der Waals surface area contributed by atoms with Crippen molar-refractivity contribution >= 4 is 24.2 Å². The van der Waals surface area contributed by atoms with E-state index in [4.69, 9.17) is 0 Å². The van der Waals surface area contributed by atoms with Gasteiger partial charge in [0.2, 0.25) is 0 Å². The van der Waals surface area contributed by atoms with Crippen molar-refractivity contribution in [1.29, 1.82) is 0 Å². The van der Waals surface area contributed by atoms with Gasteiger partial charge in [-0.1, -0.05) is 0 Å². The number of benzene rings is 2. The fourth-order valence-electron chi connectivity index (χ4n) is 3.15. The molecular formula is C18H24Ge. The molecule has 0 atom stereocenters. The summed E-state index contributed by atoms with van der Waals surface area (Å²) >= 11 is -0.884. The molecule has 100 valence electrons. The molecule has 0 N–H and O–H groups in total. The number of aryl methyl sites for hydroxylation is 6. The molecule has 0 aliphatic heterocycles. The monoisotopic (exact) mass is 314 g/mol. The first-order chi connectivity index (χ1) is 8.88. The molecule has 19 heavy (non-hydrogen) atoms. The topological polar surface area (TPSA) is 0 Å². The average molecular weight is 313 g/mol. The summed E-state index contributed by atoms with van der Waals surface area (Å²) < 4.78 is 3.35. The molecule has 0 aromatic heterocycles. The maximum atomic E-state index is 2.34. The predicted molar refractivity (Wildman–Crippen MR) is 89.1 cm³/mol. The fourth-order valence-corrected chi connectivity index (χ4v) is 7.09. The van der Waals surface area contributed by atoms with Crippen molar-refractivity contribution in [2.45, 2.75) is 41.5 Å². The van der Waals surface area contributed by atoms with Crippen LogP contribution in [0.3, 0.4) is 0 Å². The van der Waals surface area contributed by atoms with E-state index in [0.717, 1.165) is 0 Å². The first kappa shape index (κ1) is 14.4. The molecule has 0 saturated carbocycles. The number of hydrogen-bond acceptors (Lipinski definition) is 0. The molecule has 2 aromatic carbocycles. The first-order valence-corrected chi connectivity index (χ1v) is 9.98. The van der Waals surface area contributed by atoms with Gasteiger partial charge in [-0.25, -0.2) is 0 Å². The second-order valence-corrected chi connectivity index (χ2v) is 9.64. The molecular weight excluding hydrogens is 289 g/mol. The van der Waals surface area contributed by atoms with Crippen molar-refractivity contribution in [3.8, 4) is 0 Å². The Kier molecular flexibility index (Phi) is 4.20. The van der Waals surface area contributed by atoms with Gasteiger partial charge in [-0.3, -0.25) is 0 Å². The van der Waals surface area contributed by atoms with E-state index in [9.17, 15) is 0 Å². The van der Waals surface area contributed by atoms with Crippen molar-refractivity contribution < 1.29 is 0 Å². The quantitative estimate of drug-likeness (QED) is 0.748. The van der Waals surface area contributed by atoms with E-state index in [1.807, 2.05) is 0 Å². The summed E-state index contributed by atoms with van der Waals surface area (Å²) in [5.74, 6) is 0. The third kappa shape index (κ3) is 3.12. The molecule has 0 nitrogen and oxygen atoms in total. The Labute approximate surface area is 123 Å². The fraction of sp³-hybridized carbons (Fsp3) is 0.333. The summed E-state index contributed by atoms with van der Waals surface area (Å²) in [6.45, 7) is 13.5. The van der Waals surface area contributed by atoms with Crippen LogP contribution in [0.4, 0.5) is 0 Å². The summed E-state index contributed by atoms with van der Waals surface area (Å²) in [5.41, 5.74) is 8.76. The van der Waals surface area contributed by atoms with Crippen LogP contribution in [0.25, 0.3) is 0 Å². The predicted octanol–water partition coefficient (Wildman–Crippen LogP) is 2.66. The molecule has 0 bridgehead atoms. The van der Waals surface area contributed by atoms with Crippen molar-refractivity contribution in [3.63, 3.8) is 0 Å². The second kappa shape index (κ2) is 5.54. The Morgan fingerprint density at radius 1 is 0.526 bits per heavy atom. The Hall–Kier alpha value is -1.02. The molecule has 0 unspecified atom stereocenters. The molecule has 0 saturated heterocycles.